The predicted molar refractivity (Wildman–Crippen MR) is 103 cm³/mol. The molecule has 5 heteroatoms. The summed E-state index contributed by atoms with van der Waals surface area (Å²) >= 11 is 7.83. The van der Waals surface area contributed by atoms with E-state index in [0.29, 0.717) is 9.90 Å². The van der Waals surface area contributed by atoms with E-state index in [0.717, 1.165) is 27.9 Å². The Morgan fingerprint density at radius 2 is 1.96 bits per heavy atom. The third-order valence-electron chi connectivity index (χ3n) is 3.74. The second-order valence-corrected chi connectivity index (χ2v) is 7.52. The second kappa shape index (κ2) is 6.93. The van der Waals surface area contributed by atoms with Crippen LogP contribution in [0.15, 0.2) is 42.5 Å². The number of rotatable bonds is 4. The number of hydrogen-bond acceptors (Lipinski definition) is 3. The Balaban J connectivity index is 1.93. The maximum Gasteiger partial charge on any atom is 0.267 e. The van der Waals surface area contributed by atoms with Gasteiger partial charge >= 0.3 is 0 Å². The summed E-state index contributed by atoms with van der Waals surface area (Å²) in [7, 11) is 4.02. The topological polar surface area (TPSA) is 32.3 Å². The predicted octanol–water partition coefficient (Wildman–Crippen LogP) is 5.18. The van der Waals surface area contributed by atoms with Crippen LogP contribution in [0.4, 0.5) is 5.69 Å². The summed E-state index contributed by atoms with van der Waals surface area (Å²) in [5.41, 5.74) is 3.09. The van der Waals surface area contributed by atoms with E-state index in [2.05, 4.69) is 16.3 Å². The van der Waals surface area contributed by atoms with E-state index in [9.17, 15) is 4.79 Å². The highest BCUT2D eigenvalue weighted by atomic mass is 35.5. The average molecular weight is 359 g/mol. The molecular formula is C19H19ClN2OS. The van der Waals surface area contributed by atoms with Gasteiger partial charge in [-0.15, -0.1) is 11.3 Å². The molecule has 124 valence electrons. The number of thiophene rings is 1. The highest BCUT2D eigenvalue weighted by molar-refractivity contribution is 7.21. The first-order valence-electron chi connectivity index (χ1n) is 7.68. The van der Waals surface area contributed by atoms with Crippen molar-refractivity contribution in [3.63, 3.8) is 0 Å². The number of anilines is 1. The molecular weight excluding hydrogens is 340 g/mol. The zero-order chi connectivity index (χ0) is 17.3. The van der Waals surface area contributed by atoms with Crippen molar-refractivity contribution >= 4 is 44.6 Å². The SMILES string of the molecule is Cc1ccc(NC(=O)c2sc3ccccc3c2Cl)c(CN(C)C)c1. The van der Waals surface area contributed by atoms with Crippen LogP contribution in [0.1, 0.15) is 20.8 Å². The summed E-state index contributed by atoms with van der Waals surface area (Å²) in [5.74, 6) is -0.162. The molecule has 0 aliphatic carbocycles. The van der Waals surface area contributed by atoms with Crippen molar-refractivity contribution in [3.8, 4) is 0 Å². The van der Waals surface area contributed by atoms with Crippen molar-refractivity contribution in [1.82, 2.24) is 4.90 Å². The Kier molecular flexibility index (Phi) is 4.90. The van der Waals surface area contributed by atoms with E-state index in [1.54, 1.807) is 0 Å². The van der Waals surface area contributed by atoms with Crippen molar-refractivity contribution in [1.29, 1.82) is 0 Å². The highest BCUT2D eigenvalue weighted by Crippen LogP contribution is 2.35. The quantitative estimate of drug-likeness (QED) is 0.697. The summed E-state index contributed by atoms with van der Waals surface area (Å²) in [6.45, 7) is 2.81. The van der Waals surface area contributed by atoms with Gasteiger partial charge in [0, 0.05) is 22.3 Å². The summed E-state index contributed by atoms with van der Waals surface area (Å²) in [4.78, 5) is 15.4. The van der Waals surface area contributed by atoms with E-state index >= 15 is 0 Å². The normalized spacial score (nSPS) is 11.2. The maximum atomic E-state index is 12.7. The smallest absolute Gasteiger partial charge is 0.267 e. The molecule has 3 rings (SSSR count). The van der Waals surface area contributed by atoms with Crippen molar-refractivity contribution in [2.75, 3.05) is 19.4 Å². The molecule has 24 heavy (non-hydrogen) atoms. The molecule has 0 radical (unpaired) electrons. The average Bonchev–Trinajstić information content (AvgIpc) is 2.87. The van der Waals surface area contributed by atoms with Gasteiger partial charge in [-0.05, 0) is 38.7 Å². The molecule has 3 nitrogen and oxygen atoms in total. The molecule has 1 aromatic heterocycles. The molecule has 0 aliphatic heterocycles. The van der Waals surface area contributed by atoms with E-state index in [1.165, 1.54) is 16.9 Å². The van der Waals surface area contributed by atoms with Gasteiger partial charge in [0.05, 0.1) is 5.02 Å². The molecule has 1 N–H and O–H groups in total. The van der Waals surface area contributed by atoms with Crippen LogP contribution in [0.3, 0.4) is 0 Å². The van der Waals surface area contributed by atoms with Crippen molar-refractivity contribution in [2.45, 2.75) is 13.5 Å². The second-order valence-electron chi connectivity index (χ2n) is 6.09. The van der Waals surface area contributed by atoms with Crippen LogP contribution in [-0.2, 0) is 6.54 Å². The lowest BCUT2D eigenvalue weighted by Gasteiger charge is -2.15. The van der Waals surface area contributed by atoms with Crippen LogP contribution >= 0.6 is 22.9 Å². The van der Waals surface area contributed by atoms with Gasteiger partial charge in [-0.25, -0.2) is 0 Å². The lowest BCUT2D eigenvalue weighted by molar-refractivity contribution is 0.103. The Hall–Kier alpha value is -1.88. The fourth-order valence-electron chi connectivity index (χ4n) is 2.66. The Morgan fingerprint density at radius 1 is 1.21 bits per heavy atom. The molecule has 0 atom stereocenters. The lowest BCUT2D eigenvalue weighted by atomic mass is 10.1. The van der Waals surface area contributed by atoms with Gasteiger partial charge in [0.2, 0.25) is 0 Å². The Bertz CT molecular complexity index is 902. The maximum absolute atomic E-state index is 12.7. The van der Waals surface area contributed by atoms with E-state index < -0.39 is 0 Å². The largest absolute Gasteiger partial charge is 0.321 e. The number of benzene rings is 2. The fourth-order valence-corrected chi connectivity index (χ4v) is 4.07. The van der Waals surface area contributed by atoms with Crippen LogP contribution in [0.5, 0.6) is 0 Å². The number of fused-ring (bicyclic) bond motifs is 1. The van der Waals surface area contributed by atoms with Crippen LogP contribution in [-0.4, -0.2) is 24.9 Å². The minimum absolute atomic E-state index is 0.162. The van der Waals surface area contributed by atoms with Gasteiger partial charge in [-0.2, -0.15) is 0 Å². The zero-order valence-electron chi connectivity index (χ0n) is 13.9. The third kappa shape index (κ3) is 3.46. The molecule has 1 heterocycles. The molecule has 0 bridgehead atoms. The summed E-state index contributed by atoms with van der Waals surface area (Å²) in [6.07, 6.45) is 0. The standard InChI is InChI=1S/C19H19ClN2OS/c1-12-8-9-15(13(10-12)11-22(2)3)21-19(23)18-17(20)14-6-4-5-7-16(14)24-18/h4-10H,11H2,1-3H3,(H,21,23). The number of amides is 1. The summed E-state index contributed by atoms with van der Waals surface area (Å²) in [5, 5.41) is 4.47. The number of aryl methyl sites for hydroxylation is 1. The monoisotopic (exact) mass is 358 g/mol. The summed E-state index contributed by atoms with van der Waals surface area (Å²) in [6, 6.07) is 13.8. The van der Waals surface area contributed by atoms with Crippen molar-refractivity contribution in [3.05, 3.63) is 63.5 Å². The number of nitrogens with one attached hydrogen (secondary N) is 1. The van der Waals surface area contributed by atoms with Crippen molar-refractivity contribution in [2.24, 2.45) is 0 Å². The Morgan fingerprint density at radius 3 is 2.67 bits per heavy atom. The first kappa shape index (κ1) is 17.0. The van der Waals surface area contributed by atoms with Gasteiger partial charge in [0.25, 0.3) is 5.91 Å². The molecule has 0 aliphatic rings. The van der Waals surface area contributed by atoms with Gasteiger partial charge in [0.15, 0.2) is 0 Å². The molecule has 0 unspecified atom stereocenters. The molecule has 0 saturated carbocycles. The molecule has 0 spiro atoms. The summed E-state index contributed by atoms with van der Waals surface area (Å²) < 4.78 is 1.02. The minimum Gasteiger partial charge on any atom is -0.321 e. The van der Waals surface area contributed by atoms with Crippen molar-refractivity contribution < 1.29 is 4.79 Å². The fraction of sp³-hybridized carbons (Fsp3) is 0.211. The van der Waals surface area contributed by atoms with Gasteiger partial charge in [0.1, 0.15) is 4.88 Å². The zero-order valence-corrected chi connectivity index (χ0v) is 15.5. The number of carbonyl (C=O) groups is 1. The molecule has 0 fully saturated rings. The Labute approximate surface area is 150 Å². The first-order valence-corrected chi connectivity index (χ1v) is 8.88. The van der Waals surface area contributed by atoms with Crippen LogP contribution in [0, 0.1) is 6.92 Å². The molecule has 3 aromatic rings. The van der Waals surface area contributed by atoms with Crippen LogP contribution < -0.4 is 5.32 Å². The van der Waals surface area contributed by atoms with E-state index in [-0.39, 0.29) is 5.91 Å². The van der Waals surface area contributed by atoms with Gasteiger partial charge in [-0.1, -0.05) is 47.5 Å². The number of carbonyl (C=O) groups excluding carboxylic acids is 1. The molecule has 2 aromatic carbocycles. The lowest BCUT2D eigenvalue weighted by Crippen LogP contribution is -2.16. The highest BCUT2D eigenvalue weighted by Gasteiger charge is 2.18. The van der Waals surface area contributed by atoms with E-state index in [4.69, 9.17) is 11.6 Å². The van der Waals surface area contributed by atoms with Crippen LogP contribution in [0.2, 0.25) is 5.02 Å². The van der Waals surface area contributed by atoms with Gasteiger partial charge in [-0.3, -0.25) is 4.79 Å². The van der Waals surface area contributed by atoms with Crippen LogP contribution in [0.25, 0.3) is 10.1 Å². The first-order chi connectivity index (χ1) is 11.5. The third-order valence-corrected chi connectivity index (χ3v) is 5.41. The number of nitrogens with zero attached hydrogens (tertiary/aromatic N) is 1. The van der Waals surface area contributed by atoms with E-state index in [1.807, 2.05) is 57.4 Å². The molecule has 1 amide bonds. The number of hydrogen-bond donors (Lipinski definition) is 1. The number of halogens is 1. The minimum atomic E-state index is -0.162. The van der Waals surface area contributed by atoms with Gasteiger partial charge < -0.3 is 10.2 Å². The molecule has 0 saturated heterocycles.